The molecule has 1 aromatic rings. The van der Waals surface area contributed by atoms with Gasteiger partial charge in [-0.2, -0.15) is 0 Å². The van der Waals surface area contributed by atoms with Gasteiger partial charge in [-0.05, 0) is 19.1 Å². The molecule has 0 saturated carbocycles. The van der Waals surface area contributed by atoms with Crippen LogP contribution in [-0.4, -0.2) is 81.0 Å². The Kier molecular flexibility index (Phi) is 5.99. The number of fused-ring (bicyclic) bond motifs is 1. The Morgan fingerprint density at radius 1 is 1.32 bits per heavy atom. The summed E-state index contributed by atoms with van der Waals surface area (Å²) in [6.07, 6.45) is -0.166. The van der Waals surface area contributed by atoms with Gasteiger partial charge in [-0.25, -0.2) is 4.79 Å². The van der Waals surface area contributed by atoms with E-state index < -0.39 is 0 Å². The molecule has 2 aliphatic rings. The van der Waals surface area contributed by atoms with E-state index in [0.717, 1.165) is 44.3 Å². The predicted molar refractivity (Wildman–Crippen MR) is 94.2 cm³/mol. The lowest BCUT2D eigenvalue weighted by Gasteiger charge is -2.32. The highest BCUT2D eigenvalue weighted by Crippen LogP contribution is 2.30. The summed E-state index contributed by atoms with van der Waals surface area (Å²) >= 11 is 0. The van der Waals surface area contributed by atoms with Gasteiger partial charge in [0.1, 0.15) is 6.61 Å². The Morgan fingerprint density at radius 2 is 2.04 bits per heavy atom. The second-order valence-electron chi connectivity index (χ2n) is 6.64. The number of carbonyl (C=O) groups excluding carboxylic acids is 1. The Labute approximate surface area is 148 Å². The number of amides is 2. The van der Waals surface area contributed by atoms with Crippen molar-refractivity contribution in [1.29, 1.82) is 0 Å². The summed E-state index contributed by atoms with van der Waals surface area (Å²) in [7, 11) is 1.78. The molecule has 2 heterocycles. The van der Waals surface area contributed by atoms with Gasteiger partial charge < -0.3 is 24.4 Å². The monoisotopic (exact) mass is 349 g/mol. The fourth-order valence-electron chi connectivity index (χ4n) is 3.08. The van der Waals surface area contributed by atoms with Gasteiger partial charge in [0.2, 0.25) is 0 Å². The first kappa shape index (κ1) is 17.8. The van der Waals surface area contributed by atoms with Gasteiger partial charge >= 0.3 is 6.03 Å². The van der Waals surface area contributed by atoms with Crippen LogP contribution in [0.1, 0.15) is 6.92 Å². The Morgan fingerprint density at radius 3 is 2.80 bits per heavy atom. The maximum absolute atomic E-state index is 12.4. The zero-order chi connectivity index (χ0) is 17.6. The van der Waals surface area contributed by atoms with E-state index in [0.29, 0.717) is 13.2 Å². The lowest BCUT2D eigenvalue weighted by atomic mass is 10.2. The van der Waals surface area contributed by atoms with Crippen LogP contribution in [0.15, 0.2) is 24.3 Å². The maximum Gasteiger partial charge on any atom is 0.317 e. The SMILES string of the molecule is C[C@@H](CN1CCOCC1)NC(=O)N(C)C[C@@H]1COc2ccccc2O1. The minimum absolute atomic E-state index is 0.0808. The molecule has 0 aromatic heterocycles. The number of ether oxygens (including phenoxy) is 3. The van der Waals surface area contributed by atoms with Crippen molar-refractivity contribution in [2.75, 3.05) is 53.0 Å². The average Bonchev–Trinajstić information content (AvgIpc) is 2.62. The lowest BCUT2D eigenvalue weighted by molar-refractivity contribution is 0.0344. The van der Waals surface area contributed by atoms with E-state index in [2.05, 4.69) is 10.2 Å². The molecular weight excluding hydrogens is 322 g/mol. The summed E-state index contributed by atoms with van der Waals surface area (Å²) < 4.78 is 17.0. The highest BCUT2D eigenvalue weighted by atomic mass is 16.6. The Balaban J connectivity index is 1.43. The third kappa shape index (κ3) is 4.99. The number of para-hydroxylation sites is 2. The lowest BCUT2D eigenvalue weighted by Crippen LogP contribution is -2.51. The molecule has 0 aliphatic carbocycles. The van der Waals surface area contributed by atoms with Crippen molar-refractivity contribution in [1.82, 2.24) is 15.1 Å². The van der Waals surface area contributed by atoms with E-state index in [1.807, 2.05) is 31.2 Å². The molecule has 1 fully saturated rings. The van der Waals surface area contributed by atoms with E-state index >= 15 is 0 Å². The summed E-state index contributed by atoms with van der Waals surface area (Å²) in [6, 6.07) is 7.58. The summed E-state index contributed by atoms with van der Waals surface area (Å²) in [5, 5.41) is 3.04. The minimum atomic E-state index is -0.166. The zero-order valence-corrected chi connectivity index (χ0v) is 14.9. The van der Waals surface area contributed by atoms with E-state index in [1.165, 1.54) is 0 Å². The fourth-order valence-corrected chi connectivity index (χ4v) is 3.08. The van der Waals surface area contributed by atoms with Crippen molar-refractivity contribution in [3.8, 4) is 11.5 Å². The van der Waals surface area contributed by atoms with Crippen molar-refractivity contribution in [3.05, 3.63) is 24.3 Å². The van der Waals surface area contributed by atoms with Crippen LogP contribution in [0.3, 0.4) is 0 Å². The molecule has 0 bridgehead atoms. The number of hydrogen-bond donors (Lipinski definition) is 1. The fraction of sp³-hybridized carbons (Fsp3) is 0.611. The highest BCUT2D eigenvalue weighted by molar-refractivity contribution is 5.74. The Bertz CT molecular complexity index is 577. The second kappa shape index (κ2) is 8.40. The molecule has 0 radical (unpaired) electrons. The van der Waals surface area contributed by atoms with Gasteiger partial charge in [-0.3, -0.25) is 4.90 Å². The van der Waals surface area contributed by atoms with Crippen LogP contribution in [-0.2, 0) is 4.74 Å². The van der Waals surface area contributed by atoms with Crippen molar-refractivity contribution >= 4 is 6.03 Å². The molecule has 138 valence electrons. The van der Waals surface area contributed by atoms with Crippen molar-refractivity contribution in [3.63, 3.8) is 0 Å². The predicted octanol–water partition coefficient (Wildman–Crippen LogP) is 1.19. The van der Waals surface area contributed by atoms with Crippen LogP contribution in [0.5, 0.6) is 11.5 Å². The number of nitrogens with zero attached hydrogens (tertiary/aromatic N) is 2. The maximum atomic E-state index is 12.4. The smallest absolute Gasteiger partial charge is 0.317 e. The van der Waals surface area contributed by atoms with Gasteiger partial charge in [0.25, 0.3) is 0 Å². The molecule has 0 spiro atoms. The van der Waals surface area contributed by atoms with Crippen molar-refractivity contribution < 1.29 is 19.0 Å². The van der Waals surface area contributed by atoms with Crippen molar-refractivity contribution in [2.24, 2.45) is 0 Å². The summed E-state index contributed by atoms with van der Waals surface area (Å²) in [6.45, 7) is 7.15. The van der Waals surface area contributed by atoms with Gasteiger partial charge in [0, 0.05) is 32.7 Å². The first-order valence-electron chi connectivity index (χ1n) is 8.82. The topological polar surface area (TPSA) is 63.3 Å². The number of hydrogen-bond acceptors (Lipinski definition) is 5. The standard InChI is InChI=1S/C18H27N3O4/c1-14(11-21-7-9-23-10-8-21)19-18(22)20(2)12-15-13-24-16-5-3-4-6-17(16)25-15/h3-6,14-15H,7-13H2,1-2H3,(H,19,22)/t14-,15+/m0/s1. The number of carbonyl (C=O) groups is 1. The molecule has 7 nitrogen and oxygen atoms in total. The number of morpholine rings is 1. The first-order valence-corrected chi connectivity index (χ1v) is 8.82. The van der Waals surface area contributed by atoms with Crippen LogP contribution in [0.4, 0.5) is 4.79 Å². The molecule has 25 heavy (non-hydrogen) atoms. The van der Waals surface area contributed by atoms with Crippen LogP contribution in [0, 0.1) is 0 Å². The zero-order valence-electron chi connectivity index (χ0n) is 14.9. The van der Waals surface area contributed by atoms with Gasteiger partial charge in [-0.15, -0.1) is 0 Å². The van der Waals surface area contributed by atoms with Gasteiger partial charge in [0.15, 0.2) is 17.6 Å². The van der Waals surface area contributed by atoms with Gasteiger partial charge in [-0.1, -0.05) is 12.1 Å². The van der Waals surface area contributed by atoms with E-state index in [4.69, 9.17) is 14.2 Å². The third-order valence-corrected chi connectivity index (χ3v) is 4.40. The molecular formula is C18H27N3O4. The molecule has 3 rings (SSSR count). The third-order valence-electron chi connectivity index (χ3n) is 4.40. The molecule has 2 atom stereocenters. The molecule has 1 N–H and O–H groups in total. The number of rotatable bonds is 5. The first-order chi connectivity index (χ1) is 12.1. The van der Waals surface area contributed by atoms with E-state index in [-0.39, 0.29) is 18.2 Å². The number of nitrogens with one attached hydrogen (secondary N) is 1. The van der Waals surface area contributed by atoms with Crippen LogP contribution < -0.4 is 14.8 Å². The molecule has 2 amide bonds. The summed E-state index contributed by atoms with van der Waals surface area (Å²) in [5.41, 5.74) is 0. The molecule has 1 saturated heterocycles. The average molecular weight is 349 g/mol. The van der Waals surface area contributed by atoms with E-state index in [1.54, 1.807) is 11.9 Å². The van der Waals surface area contributed by atoms with Gasteiger partial charge in [0.05, 0.1) is 19.8 Å². The molecule has 1 aromatic carbocycles. The number of urea groups is 1. The number of benzene rings is 1. The summed E-state index contributed by atoms with van der Waals surface area (Å²) in [5.74, 6) is 1.48. The normalized spacial score (nSPS) is 21.4. The quantitative estimate of drug-likeness (QED) is 0.865. The second-order valence-corrected chi connectivity index (χ2v) is 6.64. The molecule has 0 unspecified atom stereocenters. The van der Waals surface area contributed by atoms with Crippen LogP contribution in [0.2, 0.25) is 0 Å². The summed E-state index contributed by atoms with van der Waals surface area (Å²) in [4.78, 5) is 16.3. The molecule has 2 aliphatic heterocycles. The largest absolute Gasteiger partial charge is 0.486 e. The highest BCUT2D eigenvalue weighted by Gasteiger charge is 2.24. The molecule has 7 heteroatoms. The van der Waals surface area contributed by atoms with Crippen LogP contribution >= 0.6 is 0 Å². The van der Waals surface area contributed by atoms with E-state index in [9.17, 15) is 4.79 Å². The Hall–Kier alpha value is -1.99. The van der Waals surface area contributed by atoms with Crippen molar-refractivity contribution in [2.45, 2.75) is 19.1 Å². The number of likely N-dealkylation sites (N-methyl/N-ethyl adjacent to an activating group) is 1. The van der Waals surface area contributed by atoms with Crippen LogP contribution in [0.25, 0.3) is 0 Å². The minimum Gasteiger partial charge on any atom is -0.486 e.